The van der Waals surface area contributed by atoms with Crippen molar-refractivity contribution in [2.24, 2.45) is 0 Å². The molecule has 1 saturated heterocycles. The van der Waals surface area contributed by atoms with Gasteiger partial charge in [0.15, 0.2) is 0 Å². The second-order valence-corrected chi connectivity index (χ2v) is 8.65. The first-order valence-corrected chi connectivity index (χ1v) is 11.4. The average molecular weight is 486 g/mol. The second kappa shape index (κ2) is 9.42. The molecule has 0 saturated carbocycles. The number of ether oxygens (including phenoxy) is 2. The van der Waals surface area contributed by atoms with Gasteiger partial charge < -0.3 is 18.9 Å². The van der Waals surface area contributed by atoms with E-state index in [9.17, 15) is 4.79 Å². The zero-order valence-corrected chi connectivity index (χ0v) is 19.8. The fourth-order valence-corrected chi connectivity index (χ4v) is 4.66. The standard InChI is InChI=1S/C24H28BrN3O3/c1-4-31-24(29)23-18-14-22(30-3)19(25)15-20(18)28(17-8-6-5-7-9-17)21(23)16-27-12-10-26(2)11-13-27/h5-9,14-15H,4,10-13,16H2,1-3H3. The molecular weight excluding hydrogens is 458 g/mol. The largest absolute Gasteiger partial charge is 0.496 e. The molecule has 1 fully saturated rings. The summed E-state index contributed by atoms with van der Waals surface area (Å²) in [4.78, 5) is 17.9. The Bertz CT molecular complexity index is 1070. The molecule has 7 heteroatoms. The molecule has 4 rings (SSSR count). The van der Waals surface area contributed by atoms with Gasteiger partial charge in [0.25, 0.3) is 0 Å². The summed E-state index contributed by atoms with van der Waals surface area (Å²) in [5.41, 5.74) is 3.53. The monoisotopic (exact) mass is 485 g/mol. The number of hydrogen-bond acceptors (Lipinski definition) is 5. The van der Waals surface area contributed by atoms with E-state index in [1.807, 2.05) is 37.3 Å². The first-order valence-electron chi connectivity index (χ1n) is 10.6. The maximum absolute atomic E-state index is 13.2. The highest BCUT2D eigenvalue weighted by molar-refractivity contribution is 9.10. The lowest BCUT2D eigenvalue weighted by Gasteiger charge is -2.32. The molecule has 1 aliphatic heterocycles. The van der Waals surface area contributed by atoms with Gasteiger partial charge in [-0.3, -0.25) is 4.90 Å². The van der Waals surface area contributed by atoms with Gasteiger partial charge in [-0.05, 0) is 54.2 Å². The molecule has 164 valence electrons. The van der Waals surface area contributed by atoms with Crippen molar-refractivity contribution in [3.8, 4) is 11.4 Å². The van der Waals surface area contributed by atoms with E-state index in [-0.39, 0.29) is 5.97 Å². The SMILES string of the molecule is CCOC(=O)c1c(CN2CCN(C)CC2)n(-c2ccccc2)c2cc(Br)c(OC)cc12. The van der Waals surface area contributed by atoms with E-state index in [1.54, 1.807) is 7.11 Å². The number of carbonyl (C=O) groups excluding carboxylic acids is 1. The van der Waals surface area contributed by atoms with Gasteiger partial charge in [-0.15, -0.1) is 0 Å². The molecule has 0 atom stereocenters. The predicted molar refractivity (Wildman–Crippen MR) is 126 cm³/mol. The zero-order valence-electron chi connectivity index (χ0n) is 18.2. The van der Waals surface area contributed by atoms with Crippen molar-refractivity contribution in [2.45, 2.75) is 13.5 Å². The van der Waals surface area contributed by atoms with Gasteiger partial charge in [-0.2, -0.15) is 0 Å². The van der Waals surface area contributed by atoms with Crippen molar-refractivity contribution < 1.29 is 14.3 Å². The van der Waals surface area contributed by atoms with Crippen LogP contribution < -0.4 is 4.74 Å². The van der Waals surface area contributed by atoms with Crippen LogP contribution in [0.1, 0.15) is 23.0 Å². The normalized spacial score (nSPS) is 15.4. The highest BCUT2D eigenvalue weighted by Gasteiger charge is 2.28. The fourth-order valence-electron chi connectivity index (χ4n) is 4.17. The summed E-state index contributed by atoms with van der Waals surface area (Å²) < 4.78 is 14.1. The maximum atomic E-state index is 13.2. The van der Waals surface area contributed by atoms with Crippen LogP contribution in [0.4, 0.5) is 0 Å². The molecule has 31 heavy (non-hydrogen) atoms. The molecular formula is C24H28BrN3O3. The van der Waals surface area contributed by atoms with Gasteiger partial charge >= 0.3 is 5.97 Å². The van der Waals surface area contributed by atoms with Crippen LogP contribution in [0.5, 0.6) is 5.75 Å². The Morgan fingerprint density at radius 3 is 2.45 bits per heavy atom. The van der Waals surface area contributed by atoms with Crippen LogP contribution in [0, 0.1) is 0 Å². The Morgan fingerprint density at radius 1 is 1.10 bits per heavy atom. The van der Waals surface area contributed by atoms with E-state index < -0.39 is 0 Å². The molecule has 2 heterocycles. The van der Waals surface area contributed by atoms with Crippen LogP contribution in [0.25, 0.3) is 16.6 Å². The van der Waals surface area contributed by atoms with Crippen LogP contribution >= 0.6 is 15.9 Å². The van der Waals surface area contributed by atoms with Crippen LogP contribution in [0.15, 0.2) is 46.9 Å². The van der Waals surface area contributed by atoms with Gasteiger partial charge in [0, 0.05) is 43.8 Å². The maximum Gasteiger partial charge on any atom is 0.340 e. The van der Waals surface area contributed by atoms with E-state index in [2.05, 4.69) is 49.5 Å². The third-order valence-electron chi connectivity index (χ3n) is 5.80. The number of aromatic nitrogens is 1. The zero-order chi connectivity index (χ0) is 22.0. The van der Waals surface area contributed by atoms with Gasteiger partial charge in [-0.1, -0.05) is 18.2 Å². The van der Waals surface area contributed by atoms with Crippen LogP contribution in [0.3, 0.4) is 0 Å². The molecule has 0 unspecified atom stereocenters. The first-order chi connectivity index (χ1) is 15.0. The third kappa shape index (κ3) is 4.35. The Kier molecular flexibility index (Phi) is 6.65. The molecule has 0 N–H and O–H groups in total. The summed E-state index contributed by atoms with van der Waals surface area (Å²) in [7, 11) is 3.78. The number of piperazine rings is 1. The molecule has 1 aromatic heterocycles. The van der Waals surface area contributed by atoms with Crippen molar-refractivity contribution >= 4 is 32.8 Å². The minimum absolute atomic E-state index is 0.296. The molecule has 0 radical (unpaired) electrons. The van der Waals surface area contributed by atoms with Gasteiger partial charge in [0.1, 0.15) is 5.75 Å². The first kappa shape index (κ1) is 21.9. The van der Waals surface area contributed by atoms with Crippen molar-refractivity contribution in [1.82, 2.24) is 14.4 Å². The topological polar surface area (TPSA) is 46.9 Å². The Balaban J connectivity index is 1.96. The minimum atomic E-state index is -0.296. The van der Waals surface area contributed by atoms with Gasteiger partial charge in [0.05, 0.1) is 35.0 Å². The molecule has 2 aromatic carbocycles. The number of nitrogens with zero attached hydrogens (tertiary/aromatic N) is 3. The van der Waals surface area contributed by atoms with E-state index in [1.165, 1.54) is 0 Å². The van der Waals surface area contributed by atoms with Crippen LogP contribution in [-0.2, 0) is 11.3 Å². The van der Waals surface area contributed by atoms with Crippen molar-refractivity contribution in [2.75, 3.05) is 46.9 Å². The summed E-state index contributed by atoms with van der Waals surface area (Å²) in [6.07, 6.45) is 0. The summed E-state index contributed by atoms with van der Waals surface area (Å²) in [5.74, 6) is 0.394. The van der Waals surface area contributed by atoms with Crippen molar-refractivity contribution in [1.29, 1.82) is 0 Å². The average Bonchev–Trinajstić information content (AvgIpc) is 3.08. The summed E-state index contributed by atoms with van der Waals surface area (Å²) in [6.45, 7) is 6.79. The van der Waals surface area contributed by atoms with E-state index in [0.717, 1.165) is 52.9 Å². The molecule has 6 nitrogen and oxygen atoms in total. The minimum Gasteiger partial charge on any atom is -0.496 e. The van der Waals surface area contributed by atoms with Gasteiger partial charge in [-0.25, -0.2) is 4.79 Å². The summed E-state index contributed by atoms with van der Waals surface area (Å²) in [6, 6.07) is 14.1. The summed E-state index contributed by atoms with van der Waals surface area (Å²) in [5, 5.41) is 0.839. The highest BCUT2D eigenvalue weighted by Crippen LogP contribution is 2.37. The van der Waals surface area contributed by atoms with Gasteiger partial charge in [0.2, 0.25) is 0 Å². The number of benzene rings is 2. The molecule has 1 aliphatic rings. The molecule has 0 spiro atoms. The quantitative estimate of drug-likeness (QED) is 0.486. The predicted octanol–water partition coefficient (Wildman–Crippen LogP) is 4.33. The van der Waals surface area contributed by atoms with Crippen LogP contribution in [0.2, 0.25) is 0 Å². The van der Waals surface area contributed by atoms with Crippen molar-refractivity contribution in [3.05, 3.63) is 58.2 Å². The van der Waals surface area contributed by atoms with E-state index >= 15 is 0 Å². The Morgan fingerprint density at radius 2 is 1.81 bits per heavy atom. The fraction of sp³-hybridized carbons (Fsp3) is 0.375. The number of esters is 1. The van der Waals surface area contributed by atoms with E-state index in [4.69, 9.17) is 9.47 Å². The number of likely N-dealkylation sites (N-methyl/N-ethyl adjacent to an activating group) is 1. The molecule has 0 bridgehead atoms. The number of fused-ring (bicyclic) bond motifs is 1. The Labute approximate surface area is 191 Å². The highest BCUT2D eigenvalue weighted by atomic mass is 79.9. The third-order valence-corrected chi connectivity index (χ3v) is 6.42. The number of carbonyl (C=O) groups is 1. The smallest absolute Gasteiger partial charge is 0.340 e. The lowest BCUT2D eigenvalue weighted by molar-refractivity contribution is 0.0525. The number of hydrogen-bond donors (Lipinski definition) is 0. The van der Waals surface area contributed by atoms with E-state index in [0.29, 0.717) is 24.5 Å². The molecule has 0 aliphatic carbocycles. The number of rotatable bonds is 6. The molecule has 3 aromatic rings. The van der Waals surface area contributed by atoms with Crippen LogP contribution in [-0.4, -0.2) is 67.3 Å². The number of para-hydroxylation sites is 1. The Hall–Kier alpha value is -2.35. The second-order valence-electron chi connectivity index (χ2n) is 7.80. The number of methoxy groups -OCH3 is 1. The lowest BCUT2D eigenvalue weighted by atomic mass is 10.1. The molecule has 0 amide bonds. The van der Waals surface area contributed by atoms with Crippen molar-refractivity contribution in [3.63, 3.8) is 0 Å². The summed E-state index contributed by atoms with van der Waals surface area (Å²) >= 11 is 3.62. The number of halogens is 1. The lowest BCUT2D eigenvalue weighted by Crippen LogP contribution is -2.44.